The van der Waals surface area contributed by atoms with Gasteiger partial charge in [-0.2, -0.15) is 11.8 Å². The predicted molar refractivity (Wildman–Crippen MR) is 44.6 cm³/mol. The van der Waals surface area contributed by atoms with Gasteiger partial charge in [0.1, 0.15) is 0 Å². The van der Waals surface area contributed by atoms with Crippen LogP contribution in [-0.2, 0) is 4.79 Å². The Morgan fingerprint density at radius 2 is 2.30 bits per heavy atom. The molecular weight excluding hydrogens is 180 g/mol. The van der Waals surface area contributed by atoms with Gasteiger partial charge in [-0.25, -0.2) is 4.79 Å². The van der Waals surface area contributed by atoms with Crippen molar-refractivity contribution in [3.63, 3.8) is 0 Å². The van der Waals surface area contributed by atoms with Crippen LogP contribution in [0.3, 0.4) is 0 Å². The van der Waals surface area contributed by atoms with Gasteiger partial charge in [0.05, 0.1) is 0 Å². The fourth-order valence-corrected chi connectivity index (χ4v) is 0.812. The normalized spacial score (nSPS) is 11.8. The third kappa shape index (κ3) is 7.15. The summed E-state index contributed by atoms with van der Waals surface area (Å²) >= 11 is 1.52. The molecule has 3 nitrogen and oxygen atoms in total. The third-order valence-corrected chi connectivity index (χ3v) is 1.52. The van der Waals surface area contributed by atoms with Crippen molar-refractivity contribution >= 4 is 55.5 Å². The molecule has 0 heterocycles. The number of thioether (sulfide) groups is 1. The summed E-state index contributed by atoms with van der Waals surface area (Å²) in [4.78, 5) is 9.95. The van der Waals surface area contributed by atoms with Crippen molar-refractivity contribution in [1.82, 2.24) is 0 Å². The largest absolute Gasteiger partial charge is 2.00 e. The summed E-state index contributed by atoms with van der Waals surface area (Å²) in [5.41, 5.74) is 0. The average Bonchev–Trinajstić information content (AvgIpc) is 1.82. The number of carboxylic acid groups (broad SMARTS) is 1. The molecule has 0 fully saturated rings. The first-order valence-electron chi connectivity index (χ1n) is 2.58. The summed E-state index contributed by atoms with van der Waals surface area (Å²) in [5.74, 6) is -0.447. The van der Waals surface area contributed by atoms with E-state index in [0.29, 0.717) is 12.2 Å². The number of hydrogen-bond acceptors (Lipinski definition) is 3. The maximum Gasteiger partial charge on any atom is 2.00 e. The van der Waals surface area contributed by atoms with E-state index < -0.39 is 12.1 Å². The van der Waals surface area contributed by atoms with Gasteiger partial charge in [0.15, 0.2) is 6.10 Å². The van der Waals surface area contributed by atoms with Gasteiger partial charge in [-0.1, -0.05) is 0 Å². The average molecular weight is 192 g/mol. The topological polar surface area (TPSA) is 57.5 Å². The van der Waals surface area contributed by atoms with Crippen LogP contribution in [0, 0.1) is 0 Å². The minimum atomic E-state index is -1.18. The smallest absolute Gasteiger partial charge is 1.00 e. The minimum Gasteiger partial charge on any atom is -1.00 e. The SMILES string of the molecule is CSCC[C@H](O)C(=O)O.[Ca+2].[H-].[H-]. The zero-order valence-corrected chi connectivity index (χ0v) is 8.93. The molecule has 0 radical (unpaired) electrons. The molecule has 0 spiro atoms. The quantitative estimate of drug-likeness (QED) is 0.617. The van der Waals surface area contributed by atoms with Gasteiger partial charge in [-0.05, 0) is 18.4 Å². The Labute approximate surface area is 97.2 Å². The van der Waals surface area contributed by atoms with E-state index in [1.807, 2.05) is 6.26 Å². The molecule has 0 unspecified atom stereocenters. The van der Waals surface area contributed by atoms with E-state index >= 15 is 0 Å². The Morgan fingerprint density at radius 3 is 2.60 bits per heavy atom. The van der Waals surface area contributed by atoms with E-state index in [1.54, 1.807) is 0 Å². The summed E-state index contributed by atoms with van der Waals surface area (Å²) in [6.45, 7) is 0. The summed E-state index contributed by atoms with van der Waals surface area (Å²) < 4.78 is 0. The molecule has 0 aromatic heterocycles. The summed E-state index contributed by atoms with van der Waals surface area (Å²) in [6.07, 6.45) is 1.02. The van der Waals surface area contributed by atoms with Crippen molar-refractivity contribution in [1.29, 1.82) is 0 Å². The number of carbonyl (C=O) groups is 1. The van der Waals surface area contributed by atoms with Crippen LogP contribution in [0.1, 0.15) is 9.27 Å². The van der Waals surface area contributed by atoms with E-state index in [9.17, 15) is 4.79 Å². The molecule has 1 atom stereocenters. The van der Waals surface area contributed by atoms with E-state index in [-0.39, 0.29) is 40.6 Å². The summed E-state index contributed by atoms with van der Waals surface area (Å²) in [6, 6.07) is 0. The number of aliphatic carboxylic acids is 1. The van der Waals surface area contributed by atoms with Crippen molar-refractivity contribution in [2.75, 3.05) is 12.0 Å². The van der Waals surface area contributed by atoms with Crippen LogP contribution in [0.4, 0.5) is 0 Å². The second-order valence-corrected chi connectivity index (χ2v) is 2.62. The molecule has 0 aliphatic rings. The monoisotopic (exact) mass is 192 g/mol. The van der Waals surface area contributed by atoms with Crippen LogP contribution in [0.5, 0.6) is 0 Å². The zero-order valence-electron chi connectivity index (χ0n) is 7.91. The predicted octanol–water partition coefficient (Wildman–Crippen LogP) is 0.0292. The van der Waals surface area contributed by atoms with Crippen molar-refractivity contribution < 1.29 is 17.9 Å². The number of rotatable bonds is 4. The molecule has 0 aliphatic heterocycles. The molecular formula is C5H12CaO3S. The van der Waals surface area contributed by atoms with Crippen molar-refractivity contribution in [2.45, 2.75) is 12.5 Å². The number of hydrogen-bond donors (Lipinski definition) is 2. The number of aliphatic hydroxyl groups is 1. The molecule has 0 rings (SSSR count). The van der Waals surface area contributed by atoms with Crippen LogP contribution < -0.4 is 0 Å². The molecule has 0 amide bonds. The Bertz CT molecular complexity index is 107. The van der Waals surface area contributed by atoms with Crippen LogP contribution >= 0.6 is 11.8 Å². The third-order valence-electron chi connectivity index (χ3n) is 0.880. The van der Waals surface area contributed by atoms with Gasteiger partial charge < -0.3 is 13.1 Å². The van der Waals surface area contributed by atoms with Crippen molar-refractivity contribution in [3.8, 4) is 0 Å². The van der Waals surface area contributed by atoms with Gasteiger partial charge >= 0.3 is 43.7 Å². The Kier molecular flexibility index (Phi) is 11.1. The summed E-state index contributed by atoms with van der Waals surface area (Å²) in [5, 5.41) is 16.8. The minimum absolute atomic E-state index is 0. The first-order chi connectivity index (χ1) is 4.18. The van der Waals surface area contributed by atoms with Crippen LogP contribution in [0.15, 0.2) is 0 Å². The fourth-order valence-electron chi connectivity index (χ4n) is 0.353. The Hall–Kier alpha value is 1.04. The van der Waals surface area contributed by atoms with Gasteiger partial charge in [-0.15, -0.1) is 0 Å². The van der Waals surface area contributed by atoms with E-state index in [0.717, 1.165) is 0 Å². The Balaban J connectivity index is -0.000000107. The van der Waals surface area contributed by atoms with Crippen molar-refractivity contribution in [3.05, 3.63) is 0 Å². The fraction of sp³-hybridized carbons (Fsp3) is 0.800. The van der Waals surface area contributed by atoms with Gasteiger partial charge in [0.2, 0.25) is 0 Å². The Morgan fingerprint density at radius 1 is 1.80 bits per heavy atom. The van der Waals surface area contributed by atoms with Gasteiger partial charge in [0.25, 0.3) is 0 Å². The van der Waals surface area contributed by atoms with Crippen LogP contribution in [0.2, 0.25) is 0 Å². The van der Waals surface area contributed by atoms with Crippen LogP contribution in [-0.4, -0.2) is 72.0 Å². The van der Waals surface area contributed by atoms with Gasteiger partial charge in [0, 0.05) is 0 Å². The molecule has 0 aliphatic carbocycles. The van der Waals surface area contributed by atoms with E-state index in [2.05, 4.69) is 0 Å². The number of aliphatic hydroxyl groups excluding tert-OH is 1. The molecule has 5 heteroatoms. The van der Waals surface area contributed by atoms with Gasteiger partial charge in [-0.3, -0.25) is 0 Å². The number of carboxylic acids is 1. The van der Waals surface area contributed by atoms with Crippen molar-refractivity contribution in [2.24, 2.45) is 0 Å². The zero-order chi connectivity index (χ0) is 7.28. The molecule has 58 valence electrons. The molecule has 0 aromatic rings. The maximum atomic E-state index is 9.95. The molecule has 0 bridgehead atoms. The van der Waals surface area contributed by atoms with E-state index in [1.165, 1.54) is 11.8 Å². The summed E-state index contributed by atoms with van der Waals surface area (Å²) in [7, 11) is 0. The van der Waals surface area contributed by atoms with E-state index in [4.69, 9.17) is 10.2 Å². The molecule has 2 N–H and O–H groups in total. The molecule has 10 heavy (non-hydrogen) atoms. The second-order valence-electron chi connectivity index (χ2n) is 1.64. The second kappa shape index (κ2) is 8.14. The molecule has 0 saturated heterocycles. The molecule has 0 aromatic carbocycles. The van der Waals surface area contributed by atoms with Crippen LogP contribution in [0.25, 0.3) is 0 Å². The first kappa shape index (κ1) is 13.6. The molecule has 0 saturated carbocycles. The standard InChI is InChI=1S/C5H10O3S.Ca.2H/c1-9-3-2-4(6)5(7)8;;;/h4,6H,2-3H2,1H3,(H,7,8);;;/q;+2;2*-1/t4-;;;/m0.../s1. The maximum absolute atomic E-state index is 9.95. The first-order valence-corrected chi connectivity index (χ1v) is 3.97.